The van der Waals surface area contributed by atoms with Crippen LogP contribution in [0, 0.1) is 0 Å². The number of ether oxygens (including phenoxy) is 1. The third-order valence-corrected chi connectivity index (χ3v) is 3.50. The molecule has 0 saturated carbocycles. The van der Waals surface area contributed by atoms with Crippen molar-refractivity contribution in [2.24, 2.45) is 0 Å². The van der Waals surface area contributed by atoms with Crippen molar-refractivity contribution in [1.82, 2.24) is 0 Å². The van der Waals surface area contributed by atoms with Crippen molar-refractivity contribution < 1.29 is 4.74 Å². The number of likely N-dealkylation sites (N-methyl/N-ethyl adjacent to an activating group) is 1. The van der Waals surface area contributed by atoms with Crippen LogP contribution in [0.1, 0.15) is 18.9 Å². The van der Waals surface area contributed by atoms with E-state index in [4.69, 9.17) is 4.74 Å². The highest BCUT2D eigenvalue weighted by Gasteiger charge is 2.17. The predicted octanol–water partition coefficient (Wildman–Crippen LogP) is 2.52. The molecule has 0 bridgehead atoms. The molecule has 17 heavy (non-hydrogen) atoms. The standard InChI is InChI=1S/C14H22N2O/c1-11(10-17-3)16(2)13-8-4-6-12-7-5-9-15-14(12)13/h4,6,8,11,15H,5,7,9-10H2,1-3H3. The summed E-state index contributed by atoms with van der Waals surface area (Å²) in [5.74, 6) is 0. The Bertz CT molecular complexity index is 378. The quantitative estimate of drug-likeness (QED) is 0.866. The number of benzene rings is 1. The first-order chi connectivity index (χ1) is 8.24. The molecule has 0 fully saturated rings. The smallest absolute Gasteiger partial charge is 0.0663 e. The van der Waals surface area contributed by atoms with Crippen molar-refractivity contribution in [3.8, 4) is 0 Å². The highest BCUT2D eigenvalue weighted by molar-refractivity contribution is 5.74. The summed E-state index contributed by atoms with van der Waals surface area (Å²) in [6.07, 6.45) is 2.41. The van der Waals surface area contributed by atoms with E-state index in [1.54, 1.807) is 7.11 Å². The molecule has 94 valence electrons. The second-order valence-electron chi connectivity index (χ2n) is 4.76. The number of rotatable bonds is 4. The third-order valence-electron chi connectivity index (χ3n) is 3.50. The first-order valence-electron chi connectivity index (χ1n) is 6.31. The average molecular weight is 234 g/mol. The predicted molar refractivity (Wildman–Crippen MR) is 73.0 cm³/mol. The maximum absolute atomic E-state index is 5.23. The molecule has 1 aliphatic heterocycles. The lowest BCUT2D eigenvalue weighted by Gasteiger charge is -2.31. The number of hydrogen-bond donors (Lipinski definition) is 1. The van der Waals surface area contributed by atoms with Gasteiger partial charge >= 0.3 is 0 Å². The Morgan fingerprint density at radius 2 is 2.29 bits per heavy atom. The second kappa shape index (κ2) is 5.41. The van der Waals surface area contributed by atoms with Crippen LogP contribution in [-0.4, -0.2) is 33.4 Å². The maximum Gasteiger partial charge on any atom is 0.0663 e. The molecule has 0 radical (unpaired) electrons. The van der Waals surface area contributed by atoms with E-state index in [9.17, 15) is 0 Å². The highest BCUT2D eigenvalue weighted by atomic mass is 16.5. The first-order valence-corrected chi connectivity index (χ1v) is 6.31. The Hall–Kier alpha value is -1.22. The van der Waals surface area contributed by atoms with E-state index in [2.05, 4.69) is 42.4 Å². The van der Waals surface area contributed by atoms with Crippen LogP contribution in [-0.2, 0) is 11.2 Å². The van der Waals surface area contributed by atoms with Crippen molar-refractivity contribution in [2.75, 3.05) is 37.5 Å². The summed E-state index contributed by atoms with van der Waals surface area (Å²) in [5, 5.41) is 3.53. The third kappa shape index (κ3) is 2.55. The number of anilines is 2. The fourth-order valence-electron chi connectivity index (χ4n) is 2.38. The topological polar surface area (TPSA) is 24.5 Å². The maximum atomic E-state index is 5.23. The van der Waals surface area contributed by atoms with Crippen LogP contribution >= 0.6 is 0 Å². The molecule has 1 atom stereocenters. The molecular weight excluding hydrogens is 212 g/mol. The molecule has 2 rings (SSSR count). The molecule has 3 heteroatoms. The van der Waals surface area contributed by atoms with E-state index in [1.165, 1.54) is 29.8 Å². The Labute approximate surface area is 104 Å². The van der Waals surface area contributed by atoms with Gasteiger partial charge in [-0.3, -0.25) is 0 Å². The number of nitrogens with one attached hydrogen (secondary N) is 1. The minimum Gasteiger partial charge on any atom is -0.383 e. The molecule has 1 heterocycles. The summed E-state index contributed by atoms with van der Waals surface area (Å²) in [5.41, 5.74) is 4.03. The van der Waals surface area contributed by atoms with Crippen LogP contribution in [0.25, 0.3) is 0 Å². The van der Waals surface area contributed by atoms with E-state index in [0.29, 0.717) is 6.04 Å². The van der Waals surface area contributed by atoms with Gasteiger partial charge in [-0.15, -0.1) is 0 Å². The van der Waals surface area contributed by atoms with Crippen LogP contribution in [0.15, 0.2) is 18.2 Å². The van der Waals surface area contributed by atoms with E-state index in [1.807, 2.05) is 0 Å². The Kier molecular flexibility index (Phi) is 3.89. The van der Waals surface area contributed by atoms with Crippen molar-refractivity contribution in [3.05, 3.63) is 23.8 Å². The first kappa shape index (κ1) is 12.2. The highest BCUT2D eigenvalue weighted by Crippen LogP contribution is 2.33. The van der Waals surface area contributed by atoms with Gasteiger partial charge in [0.2, 0.25) is 0 Å². The lowest BCUT2D eigenvalue weighted by molar-refractivity contribution is 0.183. The van der Waals surface area contributed by atoms with Crippen LogP contribution in [0.2, 0.25) is 0 Å². The normalized spacial score (nSPS) is 15.9. The van der Waals surface area contributed by atoms with E-state index >= 15 is 0 Å². The molecule has 1 N–H and O–H groups in total. The lowest BCUT2D eigenvalue weighted by Crippen LogP contribution is -2.33. The van der Waals surface area contributed by atoms with Gasteiger partial charge in [-0.1, -0.05) is 12.1 Å². The van der Waals surface area contributed by atoms with Crippen molar-refractivity contribution in [1.29, 1.82) is 0 Å². The lowest BCUT2D eigenvalue weighted by atomic mass is 10.0. The number of nitrogens with zero attached hydrogens (tertiary/aromatic N) is 1. The van der Waals surface area contributed by atoms with Gasteiger partial charge in [0.25, 0.3) is 0 Å². The van der Waals surface area contributed by atoms with Gasteiger partial charge in [-0.2, -0.15) is 0 Å². The van der Waals surface area contributed by atoms with Gasteiger partial charge in [0.05, 0.1) is 18.0 Å². The monoisotopic (exact) mass is 234 g/mol. The largest absolute Gasteiger partial charge is 0.383 e. The molecule has 3 nitrogen and oxygen atoms in total. The van der Waals surface area contributed by atoms with E-state index in [0.717, 1.165) is 13.2 Å². The number of fused-ring (bicyclic) bond motifs is 1. The van der Waals surface area contributed by atoms with Crippen molar-refractivity contribution in [3.63, 3.8) is 0 Å². The molecule has 0 aromatic heterocycles. The summed E-state index contributed by atoms with van der Waals surface area (Å²) in [6, 6.07) is 6.94. The van der Waals surface area contributed by atoms with Crippen LogP contribution in [0.4, 0.5) is 11.4 Å². The van der Waals surface area contributed by atoms with Crippen molar-refractivity contribution in [2.45, 2.75) is 25.8 Å². The zero-order chi connectivity index (χ0) is 12.3. The number of aryl methyl sites for hydroxylation is 1. The number of para-hydroxylation sites is 1. The molecular formula is C14H22N2O. The minimum atomic E-state index is 0.384. The molecule has 0 amide bonds. The molecule has 1 aromatic carbocycles. The second-order valence-corrected chi connectivity index (χ2v) is 4.76. The SMILES string of the molecule is COCC(C)N(C)c1cccc2c1NCCC2. The average Bonchev–Trinajstić information content (AvgIpc) is 2.37. The molecule has 0 spiro atoms. The zero-order valence-electron chi connectivity index (χ0n) is 11.0. The van der Waals surface area contributed by atoms with Crippen LogP contribution in [0.5, 0.6) is 0 Å². The van der Waals surface area contributed by atoms with Gasteiger partial charge in [-0.25, -0.2) is 0 Å². The van der Waals surface area contributed by atoms with E-state index < -0.39 is 0 Å². The molecule has 1 aliphatic rings. The fourth-order valence-corrected chi connectivity index (χ4v) is 2.38. The molecule has 1 unspecified atom stereocenters. The molecule has 1 aromatic rings. The van der Waals surface area contributed by atoms with Gasteiger partial charge in [0, 0.05) is 26.7 Å². The summed E-state index contributed by atoms with van der Waals surface area (Å²) in [7, 11) is 3.89. The molecule has 0 aliphatic carbocycles. The van der Waals surface area contributed by atoms with Crippen LogP contribution < -0.4 is 10.2 Å². The zero-order valence-corrected chi connectivity index (χ0v) is 11.0. The Balaban J connectivity index is 2.25. The minimum absolute atomic E-state index is 0.384. The summed E-state index contributed by atoms with van der Waals surface area (Å²) < 4.78 is 5.23. The van der Waals surface area contributed by atoms with Gasteiger partial charge in [0.1, 0.15) is 0 Å². The van der Waals surface area contributed by atoms with E-state index in [-0.39, 0.29) is 0 Å². The van der Waals surface area contributed by atoms with Gasteiger partial charge in [0.15, 0.2) is 0 Å². The van der Waals surface area contributed by atoms with Gasteiger partial charge < -0.3 is 15.0 Å². The molecule has 0 saturated heterocycles. The summed E-state index contributed by atoms with van der Waals surface area (Å²) in [6.45, 7) is 4.02. The Morgan fingerprint density at radius 1 is 1.47 bits per heavy atom. The van der Waals surface area contributed by atoms with Crippen molar-refractivity contribution >= 4 is 11.4 Å². The number of hydrogen-bond acceptors (Lipinski definition) is 3. The Morgan fingerprint density at radius 3 is 3.06 bits per heavy atom. The van der Waals surface area contributed by atoms with Crippen LogP contribution in [0.3, 0.4) is 0 Å². The number of methoxy groups -OCH3 is 1. The summed E-state index contributed by atoms with van der Waals surface area (Å²) in [4.78, 5) is 2.29. The summed E-state index contributed by atoms with van der Waals surface area (Å²) >= 11 is 0. The fraction of sp³-hybridized carbons (Fsp3) is 0.571. The van der Waals surface area contributed by atoms with Gasteiger partial charge in [-0.05, 0) is 31.4 Å².